The van der Waals surface area contributed by atoms with Crippen LogP contribution in [0.15, 0.2) is 22.7 Å². The zero-order valence-electron chi connectivity index (χ0n) is 6.92. The number of nitro groups is 1. The highest BCUT2D eigenvalue weighted by Crippen LogP contribution is 2.37. The number of nitrogens with zero attached hydrogens (tertiary/aromatic N) is 1. The second-order valence-corrected chi connectivity index (χ2v) is 5.51. The topological polar surface area (TPSA) is 52.4 Å². The van der Waals surface area contributed by atoms with Crippen molar-refractivity contribution < 1.29 is 9.66 Å². The van der Waals surface area contributed by atoms with E-state index >= 15 is 0 Å². The number of hydrogen-bond acceptors (Lipinski definition) is 3. The normalized spacial score (nSPS) is 11.2. The predicted octanol–water partition coefficient (Wildman–Crippen LogP) is 4.06. The summed E-state index contributed by atoms with van der Waals surface area (Å²) in [6, 6.07) is 4.08. The van der Waals surface area contributed by atoms with E-state index in [1.54, 1.807) is 0 Å². The largest absolute Gasteiger partial charge is 0.438 e. The van der Waals surface area contributed by atoms with Crippen molar-refractivity contribution in [2.45, 2.75) is 3.98 Å². The van der Waals surface area contributed by atoms with Crippen LogP contribution in [0.2, 0.25) is 0 Å². The molecule has 0 heterocycles. The number of halogens is 4. The minimum Gasteiger partial charge on any atom is -0.438 e. The molecule has 0 amide bonds. The van der Waals surface area contributed by atoms with E-state index in [1.165, 1.54) is 18.2 Å². The molecule has 1 aromatic carbocycles. The van der Waals surface area contributed by atoms with Crippen molar-refractivity contribution in [3.63, 3.8) is 0 Å². The van der Waals surface area contributed by atoms with Gasteiger partial charge in [-0.1, -0.05) is 15.9 Å². The van der Waals surface area contributed by atoms with Gasteiger partial charge in [-0.3, -0.25) is 10.1 Å². The lowest BCUT2D eigenvalue weighted by Gasteiger charge is -2.13. The van der Waals surface area contributed by atoms with Crippen molar-refractivity contribution >= 4 is 56.4 Å². The van der Waals surface area contributed by atoms with Crippen LogP contribution in [0.5, 0.6) is 5.75 Å². The summed E-state index contributed by atoms with van der Waals surface area (Å²) in [6.07, 6.45) is 0. The first kappa shape index (κ1) is 12.8. The van der Waals surface area contributed by atoms with Gasteiger partial charge in [-0.15, -0.1) is 0 Å². The zero-order valence-corrected chi connectivity index (χ0v) is 10.8. The molecule has 0 aliphatic carbocycles. The third-order valence-corrected chi connectivity index (χ3v) is 2.07. The van der Waals surface area contributed by atoms with E-state index in [0.717, 1.165) is 0 Å². The Morgan fingerprint density at radius 3 is 2.47 bits per heavy atom. The van der Waals surface area contributed by atoms with Crippen molar-refractivity contribution in [3.8, 4) is 5.75 Å². The van der Waals surface area contributed by atoms with Gasteiger partial charge in [0.05, 0.1) is 4.92 Å². The Balaban J connectivity index is 3.13. The molecule has 8 heteroatoms. The number of nitro benzene ring substituents is 1. The Hall–Kier alpha value is -0.230. The molecule has 0 radical (unpaired) electrons. The van der Waals surface area contributed by atoms with Crippen LogP contribution < -0.4 is 4.74 Å². The standard InChI is InChI=1S/C7H3BrCl3NO3/c8-4-1-2-5(12(13)14)6(3-4)15-7(9,10)11/h1-3H. The average molecular weight is 335 g/mol. The van der Waals surface area contributed by atoms with Gasteiger partial charge < -0.3 is 4.74 Å². The summed E-state index contributed by atoms with van der Waals surface area (Å²) >= 11 is 19.2. The van der Waals surface area contributed by atoms with Crippen LogP contribution in [0.25, 0.3) is 0 Å². The van der Waals surface area contributed by atoms with E-state index in [9.17, 15) is 10.1 Å². The Kier molecular flexibility index (Phi) is 4.06. The summed E-state index contributed by atoms with van der Waals surface area (Å²) in [4.78, 5) is 9.97. The van der Waals surface area contributed by atoms with Gasteiger partial charge in [0.1, 0.15) is 0 Å². The zero-order chi connectivity index (χ0) is 11.6. The summed E-state index contributed by atoms with van der Waals surface area (Å²) in [7, 11) is 0. The average Bonchev–Trinajstić information content (AvgIpc) is 1.99. The molecule has 0 aliphatic rings. The third kappa shape index (κ3) is 4.03. The van der Waals surface area contributed by atoms with E-state index in [-0.39, 0.29) is 11.4 Å². The van der Waals surface area contributed by atoms with Crippen molar-refractivity contribution in [1.29, 1.82) is 0 Å². The summed E-state index contributed by atoms with van der Waals surface area (Å²) in [6.45, 7) is 0. The van der Waals surface area contributed by atoms with Gasteiger partial charge in [-0.25, -0.2) is 0 Å². The van der Waals surface area contributed by atoms with Crippen LogP contribution in [-0.4, -0.2) is 8.90 Å². The first-order valence-electron chi connectivity index (χ1n) is 3.49. The lowest BCUT2D eigenvalue weighted by atomic mass is 10.3. The van der Waals surface area contributed by atoms with Gasteiger partial charge >= 0.3 is 9.67 Å². The molecule has 15 heavy (non-hydrogen) atoms. The van der Waals surface area contributed by atoms with E-state index in [2.05, 4.69) is 15.9 Å². The quantitative estimate of drug-likeness (QED) is 0.465. The number of benzene rings is 1. The van der Waals surface area contributed by atoms with E-state index < -0.39 is 8.90 Å². The van der Waals surface area contributed by atoms with Crippen molar-refractivity contribution in [3.05, 3.63) is 32.8 Å². The molecule has 1 aromatic rings. The summed E-state index contributed by atoms with van der Waals surface area (Å²) in [5.41, 5.74) is -0.274. The first-order chi connectivity index (χ1) is 6.79. The van der Waals surface area contributed by atoms with Crippen LogP contribution in [0.3, 0.4) is 0 Å². The Bertz CT molecular complexity index is 394. The highest BCUT2D eigenvalue weighted by atomic mass is 79.9. The highest BCUT2D eigenvalue weighted by Gasteiger charge is 2.27. The molecule has 1 rings (SSSR count). The fraction of sp³-hybridized carbons (Fsp3) is 0.143. The third-order valence-electron chi connectivity index (χ3n) is 1.34. The van der Waals surface area contributed by atoms with Gasteiger partial charge in [-0.05, 0) is 40.9 Å². The van der Waals surface area contributed by atoms with Crippen LogP contribution in [-0.2, 0) is 0 Å². The van der Waals surface area contributed by atoms with E-state index in [0.29, 0.717) is 4.47 Å². The molecule has 0 fully saturated rings. The van der Waals surface area contributed by atoms with E-state index in [4.69, 9.17) is 39.5 Å². The Morgan fingerprint density at radius 1 is 1.40 bits per heavy atom. The highest BCUT2D eigenvalue weighted by molar-refractivity contribution is 9.10. The maximum absolute atomic E-state index is 10.6. The number of ether oxygens (including phenoxy) is 1. The van der Waals surface area contributed by atoms with Crippen molar-refractivity contribution in [1.82, 2.24) is 0 Å². The molecule has 0 spiro atoms. The molecule has 0 atom stereocenters. The molecule has 0 N–H and O–H groups in total. The molecule has 0 saturated carbocycles. The number of rotatable bonds is 2. The second kappa shape index (κ2) is 4.74. The van der Waals surface area contributed by atoms with E-state index in [1.807, 2.05) is 0 Å². The minimum atomic E-state index is -2.04. The lowest BCUT2D eigenvalue weighted by Crippen LogP contribution is -2.13. The molecular weight excluding hydrogens is 332 g/mol. The van der Waals surface area contributed by atoms with Gasteiger partial charge in [0.25, 0.3) is 0 Å². The fourth-order valence-corrected chi connectivity index (χ4v) is 1.43. The van der Waals surface area contributed by atoms with Crippen molar-refractivity contribution in [2.75, 3.05) is 0 Å². The molecule has 0 aromatic heterocycles. The molecule has 0 saturated heterocycles. The maximum Gasteiger partial charge on any atom is 0.338 e. The Morgan fingerprint density at radius 2 is 2.00 bits per heavy atom. The lowest BCUT2D eigenvalue weighted by molar-refractivity contribution is -0.385. The summed E-state index contributed by atoms with van der Waals surface area (Å²) < 4.78 is 3.34. The summed E-state index contributed by atoms with van der Waals surface area (Å²) in [5, 5.41) is 10.6. The first-order valence-corrected chi connectivity index (χ1v) is 5.42. The second-order valence-electron chi connectivity index (χ2n) is 2.42. The monoisotopic (exact) mass is 333 g/mol. The van der Waals surface area contributed by atoms with Crippen LogP contribution in [0.4, 0.5) is 5.69 Å². The molecular formula is C7H3BrCl3NO3. The van der Waals surface area contributed by atoms with Gasteiger partial charge in [0, 0.05) is 16.6 Å². The SMILES string of the molecule is O=[N+]([O-])c1ccc(Br)cc1OC(Cl)(Cl)Cl. The molecule has 82 valence electrons. The van der Waals surface area contributed by atoms with Crippen molar-refractivity contribution in [2.24, 2.45) is 0 Å². The molecule has 4 nitrogen and oxygen atoms in total. The minimum absolute atomic E-state index is 0.116. The van der Waals surface area contributed by atoms with Gasteiger partial charge in [0.2, 0.25) is 5.75 Å². The number of alkyl halides is 3. The molecule has 0 bridgehead atoms. The Labute approximate surface area is 108 Å². The van der Waals surface area contributed by atoms with Gasteiger partial charge in [-0.2, -0.15) is 0 Å². The van der Waals surface area contributed by atoms with Crippen LogP contribution in [0.1, 0.15) is 0 Å². The summed E-state index contributed by atoms with van der Waals surface area (Å²) in [5.74, 6) is -0.116. The molecule has 0 unspecified atom stereocenters. The van der Waals surface area contributed by atoms with Crippen LogP contribution in [0, 0.1) is 10.1 Å². The molecule has 0 aliphatic heterocycles. The number of hydrogen-bond donors (Lipinski definition) is 0. The fourth-order valence-electron chi connectivity index (χ4n) is 0.845. The van der Waals surface area contributed by atoms with Gasteiger partial charge in [0.15, 0.2) is 0 Å². The predicted molar refractivity (Wildman–Crippen MR) is 61.7 cm³/mol. The smallest absolute Gasteiger partial charge is 0.338 e. The maximum atomic E-state index is 10.6. The van der Waals surface area contributed by atoms with Crippen LogP contribution >= 0.6 is 50.7 Å².